The van der Waals surface area contributed by atoms with E-state index in [1.54, 1.807) is 56.3 Å². The van der Waals surface area contributed by atoms with Crippen molar-refractivity contribution < 1.29 is 14.6 Å². The van der Waals surface area contributed by atoms with Gasteiger partial charge in [0, 0.05) is 11.1 Å². The number of aliphatic hydroxyl groups is 1. The maximum absolute atomic E-state index is 12.3. The molecular formula is C19H19N3O3. The van der Waals surface area contributed by atoms with Gasteiger partial charge in [0.2, 0.25) is 0 Å². The molecule has 0 aromatic heterocycles. The number of amides is 1. The highest BCUT2D eigenvalue weighted by molar-refractivity contribution is 5.93. The first-order valence-electron chi connectivity index (χ1n) is 7.94. The Morgan fingerprint density at radius 1 is 1.24 bits per heavy atom. The first kappa shape index (κ1) is 17.0. The summed E-state index contributed by atoms with van der Waals surface area (Å²) in [4.78, 5) is 12.3. The molecule has 0 spiro atoms. The molecule has 1 aliphatic heterocycles. The van der Waals surface area contributed by atoms with Gasteiger partial charge in [-0.25, -0.2) is 5.43 Å². The van der Waals surface area contributed by atoms with E-state index in [1.807, 2.05) is 6.07 Å². The fourth-order valence-corrected chi connectivity index (χ4v) is 2.83. The lowest BCUT2D eigenvalue weighted by Crippen LogP contribution is -2.55. The topological polar surface area (TPSA) is 94.4 Å². The van der Waals surface area contributed by atoms with Crippen molar-refractivity contribution in [1.29, 1.82) is 5.26 Å². The van der Waals surface area contributed by atoms with Crippen LogP contribution in [0.5, 0.6) is 5.75 Å². The highest BCUT2D eigenvalue weighted by atomic mass is 16.5. The van der Waals surface area contributed by atoms with E-state index in [9.17, 15) is 9.90 Å². The quantitative estimate of drug-likeness (QED) is 0.745. The predicted molar refractivity (Wildman–Crippen MR) is 91.7 cm³/mol. The van der Waals surface area contributed by atoms with E-state index in [4.69, 9.17) is 10.00 Å². The molecule has 0 radical (unpaired) electrons. The molecule has 1 amide bonds. The Hall–Kier alpha value is -2.88. The van der Waals surface area contributed by atoms with Crippen molar-refractivity contribution in [3.05, 3.63) is 65.2 Å². The van der Waals surface area contributed by atoms with Gasteiger partial charge in [-0.05, 0) is 44.2 Å². The molecule has 3 N–H and O–H groups in total. The highest BCUT2D eigenvalue weighted by Gasteiger charge is 2.43. The molecule has 2 aromatic rings. The lowest BCUT2D eigenvalue weighted by atomic mass is 9.86. The smallest absolute Gasteiger partial charge is 0.265 e. The van der Waals surface area contributed by atoms with Gasteiger partial charge < -0.3 is 9.84 Å². The van der Waals surface area contributed by atoms with E-state index < -0.39 is 17.7 Å². The maximum Gasteiger partial charge on any atom is 0.265 e. The van der Waals surface area contributed by atoms with Crippen LogP contribution in [0.4, 0.5) is 0 Å². The number of hydrazine groups is 1. The van der Waals surface area contributed by atoms with E-state index in [0.717, 1.165) is 0 Å². The second-order valence-electron chi connectivity index (χ2n) is 6.46. The van der Waals surface area contributed by atoms with Crippen molar-refractivity contribution in [1.82, 2.24) is 10.9 Å². The third kappa shape index (κ3) is 3.33. The van der Waals surface area contributed by atoms with E-state index in [2.05, 4.69) is 16.9 Å². The number of nitrogens with one attached hydrogen (secondary N) is 2. The van der Waals surface area contributed by atoms with Crippen LogP contribution in [0.3, 0.4) is 0 Å². The van der Waals surface area contributed by atoms with Crippen molar-refractivity contribution >= 4 is 5.91 Å². The lowest BCUT2D eigenvalue weighted by molar-refractivity contribution is -0.0665. The zero-order valence-electron chi connectivity index (χ0n) is 14.0. The summed E-state index contributed by atoms with van der Waals surface area (Å²) in [5, 5.41) is 19.8. The summed E-state index contributed by atoms with van der Waals surface area (Å²) in [5.74, 6) is 0.260. The Bertz CT molecular complexity index is 828. The molecule has 3 rings (SSSR count). The van der Waals surface area contributed by atoms with Gasteiger partial charge in [0.05, 0.1) is 17.7 Å². The van der Waals surface area contributed by atoms with Gasteiger partial charge in [-0.1, -0.05) is 18.2 Å². The number of carbonyl (C=O) groups excluding carboxylic acids is 1. The molecule has 2 atom stereocenters. The minimum absolute atomic E-state index is 0.310. The first-order valence-corrected chi connectivity index (χ1v) is 7.94. The van der Waals surface area contributed by atoms with Gasteiger partial charge in [-0.15, -0.1) is 0 Å². The Labute approximate surface area is 146 Å². The third-order valence-corrected chi connectivity index (χ3v) is 4.25. The average molecular weight is 337 g/mol. The van der Waals surface area contributed by atoms with Gasteiger partial charge in [-0.3, -0.25) is 10.2 Å². The Morgan fingerprint density at radius 3 is 2.64 bits per heavy atom. The molecule has 0 saturated heterocycles. The van der Waals surface area contributed by atoms with Crippen molar-refractivity contribution in [2.75, 3.05) is 0 Å². The molecule has 0 unspecified atom stereocenters. The van der Waals surface area contributed by atoms with Crippen molar-refractivity contribution in [2.45, 2.75) is 31.6 Å². The minimum atomic E-state index is -0.926. The fourth-order valence-electron chi connectivity index (χ4n) is 2.83. The minimum Gasteiger partial charge on any atom is -0.485 e. The molecule has 1 heterocycles. The molecule has 6 nitrogen and oxygen atoms in total. The number of nitriles is 1. The monoisotopic (exact) mass is 337 g/mol. The number of fused-ring (bicyclic) bond motifs is 1. The van der Waals surface area contributed by atoms with Crippen LogP contribution in [0.25, 0.3) is 0 Å². The van der Waals surface area contributed by atoms with E-state index in [1.165, 1.54) is 0 Å². The summed E-state index contributed by atoms with van der Waals surface area (Å²) < 4.78 is 5.84. The summed E-state index contributed by atoms with van der Waals surface area (Å²) in [5.41, 5.74) is 6.25. The van der Waals surface area contributed by atoms with Crippen LogP contribution < -0.4 is 15.6 Å². The Morgan fingerprint density at radius 2 is 1.96 bits per heavy atom. The number of hydrogen-bond donors (Lipinski definition) is 3. The normalized spacial score (nSPS) is 20.7. The molecule has 25 heavy (non-hydrogen) atoms. The Kier molecular flexibility index (Phi) is 4.45. The van der Waals surface area contributed by atoms with E-state index in [0.29, 0.717) is 22.4 Å². The summed E-state index contributed by atoms with van der Waals surface area (Å²) >= 11 is 0. The number of hydrogen-bond acceptors (Lipinski definition) is 5. The van der Waals surface area contributed by atoms with Gasteiger partial charge in [-0.2, -0.15) is 5.26 Å². The second-order valence-corrected chi connectivity index (χ2v) is 6.46. The SMILES string of the molecule is CC1(C)Oc2ccc(C#N)cc2[C@@H](NNC(=O)c2ccccc2)[C@@H]1O. The maximum atomic E-state index is 12.3. The largest absolute Gasteiger partial charge is 0.485 e. The van der Waals surface area contributed by atoms with Crippen LogP contribution in [-0.2, 0) is 0 Å². The van der Waals surface area contributed by atoms with Crippen LogP contribution in [0, 0.1) is 11.3 Å². The molecule has 0 bridgehead atoms. The molecule has 0 aliphatic carbocycles. The number of rotatable bonds is 3. The fraction of sp³-hybridized carbons (Fsp3) is 0.263. The van der Waals surface area contributed by atoms with Gasteiger partial charge in [0.15, 0.2) is 0 Å². The third-order valence-electron chi connectivity index (χ3n) is 4.25. The molecule has 0 saturated carbocycles. The molecule has 1 aliphatic rings. The van der Waals surface area contributed by atoms with Crippen LogP contribution in [0.2, 0.25) is 0 Å². The van der Waals surface area contributed by atoms with Crippen LogP contribution >= 0.6 is 0 Å². The zero-order chi connectivity index (χ0) is 18.0. The number of aliphatic hydroxyl groups excluding tert-OH is 1. The number of benzene rings is 2. The van der Waals surface area contributed by atoms with Crippen molar-refractivity contribution in [3.63, 3.8) is 0 Å². The number of carbonyl (C=O) groups is 1. The van der Waals surface area contributed by atoms with Crippen LogP contribution in [0.1, 0.15) is 41.4 Å². The second kappa shape index (κ2) is 6.55. The predicted octanol–water partition coefficient (Wildman–Crippen LogP) is 2.07. The highest BCUT2D eigenvalue weighted by Crippen LogP contribution is 2.39. The van der Waals surface area contributed by atoms with Crippen LogP contribution in [0.15, 0.2) is 48.5 Å². The number of nitrogens with zero attached hydrogens (tertiary/aromatic N) is 1. The van der Waals surface area contributed by atoms with Gasteiger partial charge in [0.1, 0.15) is 17.5 Å². The summed E-state index contributed by atoms with van der Waals surface area (Å²) in [7, 11) is 0. The molecule has 6 heteroatoms. The molecule has 0 fully saturated rings. The lowest BCUT2D eigenvalue weighted by Gasteiger charge is -2.42. The average Bonchev–Trinajstić information content (AvgIpc) is 2.62. The Balaban J connectivity index is 1.86. The van der Waals surface area contributed by atoms with Crippen LogP contribution in [-0.4, -0.2) is 22.7 Å². The standard InChI is InChI=1S/C19H19N3O3/c1-19(2)17(23)16(14-10-12(11-20)8-9-15(14)25-19)21-22-18(24)13-6-4-3-5-7-13/h3-10,16-17,21,23H,1-2H3,(H,22,24)/t16-,17+/m1/s1. The summed E-state index contributed by atoms with van der Waals surface area (Å²) in [6.07, 6.45) is -0.926. The number of ether oxygens (including phenoxy) is 1. The first-order chi connectivity index (χ1) is 11.9. The van der Waals surface area contributed by atoms with Crippen molar-refractivity contribution in [3.8, 4) is 11.8 Å². The summed E-state index contributed by atoms with van der Waals surface area (Å²) in [6.45, 7) is 3.54. The molecule has 2 aromatic carbocycles. The summed E-state index contributed by atoms with van der Waals surface area (Å²) in [6, 6.07) is 15.2. The van der Waals surface area contributed by atoms with Crippen molar-refractivity contribution in [2.24, 2.45) is 0 Å². The van der Waals surface area contributed by atoms with Gasteiger partial charge in [0.25, 0.3) is 5.91 Å². The molecular weight excluding hydrogens is 318 g/mol. The van der Waals surface area contributed by atoms with Gasteiger partial charge >= 0.3 is 0 Å². The molecule has 128 valence electrons. The zero-order valence-corrected chi connectivity index (χ0v) is 14.0. The van der Waals surface area contributed by atoms with E-state index in [-0.39, 0.29) is 5.91 Å². The van der Waals surface area contributed by atoms with E-state index >= 15 is 0 Å².